The molecule has 0 atom stereocenters. The lowest BCUT2D eigenvalue weighted by atomic mass is 9.95. The number of hydrazine groups is 1. The Balaban J connectivity index is 1.31. The Bertz CT molecular complexity index is 1140. The molecule has 2 amide bonds. The van der Waals surface area contributed by atoms with Gasteiger partial charge in [-0.25, -0.2) is 9.97 Å². The van der Waals surface area contributed by atoms with Crippen molar-refractivity contribution in [2.75, 3.05) is 0 Å². The molecule has 0 unspecified atom stereocenters. The number of benzene rings is 2. The second-order valence-electron chi connectivity index (χ2n) is 7.92. The van der Waals surface area contributed by atoms with Gasteiger partial charge < -0.3 is 0 Å². The second kappa shape index (κ2) is 9.30. The van der Waals surface area contributed by atoms with Crippen molar-refractivity contribution < 1.29 is 9.59 Å². The Hall–Kier alpha value is -2.90. The number of halogens is 1. The molecule has 1 heterocycles. The second-order valence-corrected chi connectivity index (χ2v) is 9.30. The van der Waals surface area contributed by atoms with Gasteiger partial charge in [0.1, 0.15) is 0 Å². The lowest BCUT2D eigenvalue weighted by molar-refractivity contribution is -0.124. The van der Waals surface area contributed by atoms with Gasteiger partial charge in [0.05, 0.1) is 5.41 Å². The highest BCUT2D eigenvalue weighted by Crippen LogP contribution is 2.48. The number of carbonyl (C=O) groups excluding carboxylic acids is 2. The monoisotopic (exact) mass is 466 g/mol. The van der Waals surface area contributed by atoms with Crippen LogP contribution in [-0.4, -0.2) is 21.8 Å². The molecule has 164 valence electrons. The van der Waals surface area contributed by atoms with Crippen molar-refractivity contribution in [1.29, 1.82) is 0 Å². The first-order valence-corrected chi connectivity index (χ1v) is 11.6. The van der Waals surface area contributed by atoms with E-state index >= 15 is 0 Å². The van der Waals surface area contributed by atoms with E-state index in [0.717, 1.165) is 40.5 Å². The van der Waals surface area contributed by atoms with Gasteiger partial charge in [-0.3, -0.25) is 20.4 Å². The zero-order valence-electron chi connectivity index (χ0n) is 17.8. The predicted molar refractivity (Wildman–Crippen MR) is 125 cm³/mol. The highest BCUT2D eigenvalue weighted by molar-refractivity contribution is 7.98. The van der Waals surface area contributed by atoms with Crippen molar-refractivity contribution in [1.82, 2.24) is 20.8 Å². The van der Waals surface area contributed by atoms with E-state index in [4.69, 9.17) is 11.6 Å². The number of hydrogen-bond acceptors (Lipinski definition) is 5. The van der Waals surface area contributed by atoms with Crippen molar-refractivity contribution in [3.63, 3.8) is 0 Å². The van der Waals surface area contributed by atoms with Crippen molar-refractivity contribution in [3.05, 3.63) is 87.7 Å². The molecule has 1 saturated carbocycles. The van der Waals surface area contributed by atoms with E-state index in [0.29, 0.717) is 16.3 Å². The molecule has 1 aromatic heterocycles. The Kier molecular flexibility index (Phi) is 6.48. The van der Waals surface area contributed by atoms with E-state index in [9.17, 15) is 9.59 Å². The lowest BCUT2D eigenvalue weighted by Crippen LogP contribution is -2.46. The van der Waals surface area contributed by atoms with Crippen LogP contribution in [0.5, 0.6) is 0 Å². The largest absolute Gasteiger partial charge is 0.272 e. The summed E-state index contributed by atoms with van der Waals surface area (Å²) in [5.41, 5.74) is 8.75. The highest BCUT2D eigenvalue weighted by Gasteiger charge is 2.51. The number of amides is 2. The van der Waals surface area contributed by atoms with Crippen LogP contribution in [0, 0.1) is 13.8 Å². The molecule has 4 rings (SSSR count). The molecule has 1 fully saturated rings. The maximum Gasteiger partial charge on any atom is 0.269 e. The van der Waals surface area contributed by atoms with Gasteiger partial charge in [0.25, 0.3) is 5.91 Å². The summed E-state index contributed by atoms with van der Waals surface area (Å²) in [7, 11) is 0. The van der Waals surface area contributed by atoms with Crippen LogP contribution < -0.4 is 10.9 Å². The van der Waals surface area contributed by atoms with Crippen LogP contribution in [0.3, 0.4) is 0 Å². The van der Waals surface area contributed by atoms with Crippen LogP contribution in [0.15, 0.2) is 59.8 Å². The van der Waals surface area contributed by atoms with Crippen molar-refractivity contribution >= 4 is 35.2 Å². The summed E-state index contributed by atoms with van der Waals surface area (Å²) < 4.78 is 0. The summed E-state index contributed by atoms with van der Waals surface area (Å²) in [6, 6.07) is 16.5. The molecule has 0 aliphatic heterocycles. The number of rotatable bonds is 6. The molecule has 3 aromatic rings. The van der Waals surface area contributed by atoms with Gasteiger partial charge in [-0.15, -0.1) is 0 Å². The number of nitrogens with zero attached hydrogens (tertiary/aromatic N) is 2. The van der Waals surface area contributed by atoms with E-state index in [1.807, 2.05) is 44.2 Å². The summed E-state index contributed by atoms with van der Waals surface area (Å²) in [5, 5.41) is 1.33. The van der Waals surface area contributed by atoms with Gasteiger partial charge in [0, 0.05) is 27.7 Å². The lowest BCUT2D eigenvalue weighted by Gasteiger charge is -2.16. The van der Waals surface area contributed by atoms with Crippen LogP contribution in [0.25, 0.3) is 0 Å². The van der Waals surface area contributed by atoms with E-state index in [1.165, 1.54) is 0 Å². The molecule has 32 heavy (non-hydrogen) atoms. The molecule has 2 N–H and O–H groups in total. The average Bonchev–Trinajstić information content (AvgIpc) is 3.58. The zero-order chi connectivity index (χ0) is 22.7. The highest BCUT2D eigenvalue weighted by atomic mass is 35.5. The minimum atomic E-state index is -0.616. The van der Waals surface area contributed by atoms with Crippen molar-refractivity contribution in [3.8, 4) is 0 Å². The van der Waals surface area contributed by atoms with E-state index < -0.39 is 5.41 Å². The molecule has 0 saturated heterocycles. The van der Waals surface area contributed by atoms with Crippen LogP contribution in [-0.2, 0) is 16.0 Å². The average molecular weight is 467 g/mol. The summed E-state index contributed by atoms with van der Waals surface area (Å²) in [4.78, 5) is 34.0. The fourth-order valence-electron chi connectivity index (χ4n) is 3.52. The molecule has 1 aliphatic carbocycles. The fraction of sp³-hybridized carbons (Fsp3) is 0.250. The SMILES string of the molecule is Cc1cc(C)nc(SCc2ccc(C(=O)NNC(=O)C3(c4cccc(Cl)c4)CC3)cc2)n1. The number of aryl methyl sites for hydroxylation is 2. The number of nitrogens with one attached hydrogen (secondary N) is 2. The summed E-state index contributed by atoms with van der Waals surface area (Å²) in [6.45, 7) is 3.90. The number of hydrogen-bond donors (Lipinski definition) is 2. The molecular weight excluding hydrogens is 444 g/mol. The van der Waals surface area contributed by atoms with Crippen LogP contribution in [0.1, 0.15) is 45.7 Å². The van der Waals surface area contributed by atoms with E-state index in [1.54, 1.807) is 36.0 Å². The van der Waals surface area contributed by atoms with Gasteiger partial charge in [-0.05, 0) is 68.1 Å². The third-order valence-electron chi connectivity index (χ3n) is 5.40. The van der Waals surface area contributed by atoms with Gasteiger partial charge in [-0.1, -0.05) is 47.6 Å². The normalized spacial score (nSPS) is 14.0. The molecule has 0 radical (unpaired) electrons. The molecular formula is C24H23ClN4O2S. The first kappa shape index (κ1) is 22.3. The van der Waals surface area contributed by atoms with Gasteiger partial charge in [0.15, 0.2) is 5.16 Å². The van der Waals surface area contributed by atoms with Crippen LogP contribution in [0.4, 0.5) is 0 Å². The van der Waals surface area contributed by atoms with E-state index in [-0.39, 0.29) is 11.8 Å². The maximum atomic E-state index is 12.7. The molecule has 0 spiro atoms. The van der Waals surface area contributed by atoms with Crippen LogP contribution in [0.2, 0.25) is 5.02 Å². The summed E-state index contributed by atoms with van der Waals surface area (Å²) in [5.74, 6) is 0.107. The van der Waals surface area contributed by atoms with Crippen LogP contribution >= 0.6 is 23.4 Å². The van der Waals surface area contributed by atoms with Crippen molar-refractivity contribution in [2.45, 2.75) is 43.0 Å². The standard InChI is InChI=1S/C24H23ClN4O2S/c1-15-12-16(2)27-23(26-15)32-14-17-6-8-18(9-7-17)21(30)28-29-22(31)24(10-11-24)19-4-3-5-20(25)13-19/h3-9,12-13H,10-11,14H2,1-2H3,(H,28,30)(H,29,31). The molecule has 8 heteroatoms. The Morgan fingerprint density at radius 3 is 2.31 bits per heavy atom. The molecule has 6 nitrogen and oxygen atoms in total. The van der Waals surface area contributed by atoms with Gasteiger partial charge in [0.2, 0.25) is 5.91 Å². The smallest absolute Gasteiger partial charge is 0.269 e. The summed E-state index contributed by atoms with van der Waals surface area (Å²) in [6.07, 6.45) is 1.46. The first-order chi connectivity index (χ1) is 15.4. The fourth-order valence-corrected chi connectivity index (χ4v) is 4.62. The Morgan fingerprint density at radius 2 is 1.69 bits per heavy atom. The minimum Gasteiger partial charge on any atom is -0.272 e. The topological polar surface area (TPSA) is 84.0 Å². The summed E-state index contributed by atoms with van der Waals surface area (Å²) >= 11 is 7.61. The number of aromatic nitrogens is 2. The van der Waals surface area contributed by atoms with E-state index in [2.05, 4.69) is 20.8 Å². The Labute approximate surface area is 196 Å². The molecule has 1 aliphatic rings. The minimum absolute atomic E-state index is 0.227. The number of carbonyl (C=O) groups is 2. The zero-order valence-corrected chi connectivity index (χ0v) is 19.4. The quantitative estimate of drug-likeness (QED) is 0.316. The third kappa shape index (κ3) is 5.11. The third-order valence-corrected chi connectivity index (χ3v) is 6.55. The van der Waals surface area contributed by atoms with Gasteiger partial charge in [-0.2, -0.15) is 0 Å². The van der Waals surface area contributed by atoms with Crippen molar-refractivity contribution in [2.24, 2.45) is 0 Å². The molecule has 0 bridgehead atoms. The number of thioether (sulfide) groups is 1. The molecule has 2 aromatic carbocycles. The first-order valence-electron chi connectivity index (χ1n) is 10.3. The maximum absolute atomic E-state index is 12.7. The van der Waals surface area contributed by atoms with Gasteiger partial charge >= 0.3 is 0 Å². The Morgan fingerprint density at radius 1 is 1.00 bits per heavy atom. The predicted octanol–water partition coefficient (Wildman–Crippen LogP) is 4.53.